The molecule has 1 atom stereocenters. The number of hydrazine groups is 1. The van der Waals surface area contributed by atoms with E-state index in [4.69, 9.17) is 10.3 Å². The van der Waals surface area contributed by atoms with Crippen LogP contribution in [0.15, 0.2) is 47.3 Å². The number of nitrogens with one attached hydrogen (secondary N) is 1. The second kappa shape index (κ2) is 5.59. The third-order valence-electron chi connectivity index (χ3n) is 3.40. The van der Waals surface area contributed by atoms with Crippen LogP contribution in [-0.2, 0) is 11.8 Å². The molecule has 3 heteroatoms. The van der Waals surface area contributed by atoms with E-state index in [-0.39, 0.29) is 11.5 Å². The fourth-order valence-electron chi connectivity index (χ4n) is 2.13. The van der Waals surface area contributed by atoms with Crippen molar-refractivity contribution in [2.75, 3.05) is 0 Å². The average Bonchev–Trinajstić information content (AvgIpc) is 2.88. The number of benzene rings is 1. The molecule has 0 radical (unpaired) electrons. The molecule has 0 spiro atoms. The smallest absolute Gasteiger partial charge is 0.0935 e. The normalized spacial score (nSPS) is 13.5. The molecule has 0 bridgehead atoms. The van der Waals surface area contributed by atoms with E-state index >= 15 is 0 Å². The van der Waals surface area contributed by atoms with Gasteiger partial charge < -0.3 is 4.42 Å². The first-order chi connectivity index (χ1) is 9.00. The van der Waals surface area contributed by atoms with Crippen molar-refractivity contribution >= 4 is 0 Å². The summed E-state index contributed by atoms with van der Waals surface area (Å²) in [4.78, 5) is 0. The zero-order chi connectivity index (χ0) is 13.9. The van der Waals surface area contributed by atoms with Gasteiger partial charge in [0.25, 0.3) is 0 Å². The second-order valence-corrected chi connectivity index (χ2v) is 5.93. The SMILES string of the molecule is CC(C)(C)c1ccc(C(Cc2ccoc2)NN)cc1. The van der Waals surface area contributed by atoms with Crippen LogP contribution in [0, 0.1) is 0 Å². The van der Waals surface area contributed by atoms with Gasteiger partial charge in [0.05, 0.1) is 18.6 Å². The fraction of sp³-hybridized carbons (Fsp3) is 0.375. The quantitative estimate of drug-likeness (QED) is 0.653. The van der Waals surface area contributed by atoms with E-state index in [2.05, 4.69) is 50.5 Å². The van der Waals surface area contributed by atoms with Gasteiger partial charge in [-0.05, 0) is 34.6 Å². The molecule has 0 fully saturated rings. The van der Waals surface area contributed by atoms with Crippen molar-refractivity contribution in [2.45, 2.75) is 38.6 Å². The minimum absolute atomic E-state index is 0.103. The molecule has 0 saturated heterocycles. The summed E-state index contributed by atoms with van der Waals surface area (Å²) < 4.78 is 5.09. The van der Waals surface area contributed by atoms with Crippen LogP contribution in [0.25, 0.3) is 0 Å². The molecular weight excluding hydrogens is 236 g/mol. The number of nitrogens with two attached hydrogens (primary N) is 1. The Morgan fingerprint density at radius 3 is 2.32 bits per heavy atom. The summed E-state index contributed by atoms with van der Waals surface area (Å²) in [5.41, 5.74) is 6.71. The molecule has 3 N–H and O–H groups in total. The topological polar surface area (TPSA) is 51.2 Å². The van der Waals surface area contributed by atoms with E-state index in [0.29, 0.717) is 0 Å². The summed E-state index contributed by atoms with van der Waals surface area (Å²) in [6, 6.07) is 10.7. The minimum atomic E-state index is 0.103. The van der Waals surface area contributed by atoms with E-state index in [1.165, 1.54) is 11.1 Å². The first-order valence-electron chi connectivity index (χ1n) is 6.58. The summed E-state index contributed by atoms with van der Waals surface area (Å²) >= 11 is 0. The maximum absolute atomic E-state index is 5.66. The van der Waals surface area contributed by atoms with Gasteiger partial charge in [-0.25, -0.2) is 0 Å². The van der Waals surface area contributed by atoms with E-state index in [0.717, 1.165) is 12.0 Å². The highest BCUT2D eigenvalue weighted by molar-refractivity contribution is 5.30. The van der Waals surface area contributed by atoms with Crippen LogP contribution >= 0.6 is 0 Å². The first kappa shape index (κ1) is 13.8. The maximum atomic E-state index is 5.66. The van der Waals surface area contributed by atoms with Gasteiger partial charge >= 0.3 is 0 Å². The Morgan fingerprint density at radius 1 is 1.16 bits per heavy atom. The monoisotopic (exact) mass is 258 g/mol. The van der Waals surface area contributed by atoms with Crippen LogP contribution in [0.2, 0.25) is 0 Å². The van der Waals surface area contributed by atoms with Gasteiger partial charge in [-0.3, -0.25) is 11.3 Å². The summed E-state index contributed by atoms with van der Waals surface area (Å²) in [6.07, 6.45) is 4.27. The van der Waals surface area contributed by atoms with Gasteiger partial charge in [-0.2, -0.15) is 0 Å². The van der Waals surface area contributed by atoms with E-state index < -0.39 is 0 Å². The maximum Gasteiger partial charge on any atom is 0.0935 e. The average molecular weight is 258 g/mol. The fourth-order valence-corrected chi connectivity index (χ4v) is 2.13. The van der Waals surface area contributed by atoms with Gasteiger partial charge in [0.15, 0.2) is 0 Å². The molecular formula is C16H22N2O. The molecule has 0 amide bonds. The number of rotatable bonds is 4. The molecule has 3 nitrogen and oxygen atoms in total. The highest BCUT2D eigenvalue weighted by Gasteiger charge is 2.15. The molecule has 0 aliphatic rings. The third-order valence-corrected chi connectivity index (χ3v) is 3.40. The Labute approximate surface area is 114 Å². The van der Waals surface area contributed by atoms with E-state index in [1.807, 2.05) is 6.07 Å². The molecule has 1 heterocycles. The standard InChI is InChI=1S/C16H22N2O/c1-16(2,3)14-6-4-13(5-7-14)15(18-17)10-12-8-9-19-11-12/h4-9,11,15,18H,10,17H2,1-3H3. The molecule has 1 aromatic heterocycles. The van der Waals surface area contributed by atoms with Crippen molar-refractivity contribution in [3.63, 3.8) is 0 Å². The zero-order valence-corrected chi connectivity index (χ0v) is 11.8. The summed E-state index contributed by atoms with van der Waals surface area (Å²) in [5, 5.41) is 0. The lowest BCUT2D eigenvalue weighted by Gasteiger charge is -2.21. The van der Waals surface area contributed by atoms with Gasteiger partial charge in [-0.15, -0.1) is 0 Å². The Bertz CT molecular complexity index is 495. The van der Waals surface area contributed by atoms with Gasteiger partial charge in [0, 0.05) is 0 Å². The first-order valence-corrected chi connectivity index (χ1v) is 6.58. The Kier molecular flexibility index (Phi) is 4.08. The van der Waals surface area contributed by atoms with Crippen LogP contribution < -0.4 is 11.3 Å². The van der Waals surface area contributed by atoms with Gasteiger partial charge in [0.2, 0.25) is 0 Å². The van der Waals surface area contributed by atoms with Crippen LogP contribution in [0.4, 0.5) is 0 Å². The lowest BCUT2D eigenvalue weighted by Crippen LogP contribution is -2.29. The molecule has 102 valence electrons. The molecule has 2 rings (SSSR count). The molecule has 0 aliphatic heterocycles. The van der Waals surface area contributed by atoms with Crippen molar-refractivity contribution < 1.29 is 4.42 Å². The zero-order valence-electron chi connectivity index (χ0n) is 11.8. The van der Waals surface area contributed by atoms with E-state index in [1.54, 1.807) is 12.5 Å². The Hall–Kier alpha value is -1.58. The summed E-state index contributed by atoms with van der Waals surface area (Å²) in [7, 11) is 0. The van der Waals surface area contributed by atoms with Crippen molar-refractivity contribution in [3.8, 4) is 0 Å². The highest BCUT2D eigenvalue weighted by Crippen LogP contribution is 2.25. The van der Waals surface area contributed by atoms with Crippen LogP contribution in [0.3, 0.4) is 0 Å². The Balaban J connectivity index is 2.15. The van der Waals surface area contributed by atoms with Crippen molar-refractivity contribution in [3.05, 3.63) is 59.5 Å². The van der Waals surface area contributed by atoms with Crippen LogP contribution in [-0.4, -0.2) is 0 Å². The Morgan fingerprint density at radius 2 is 1.84 bits per heavy atom. The van der Waals surface area contributed by atoms with E-state index in [9.17, 15) is 0 Å². The van der Waals surface area contributed by atoms with Crippen molar-refractivity contribution in [1.82, 2.24) is 5.43 Å². The molecule has 0 saturated carbocycles. The molecule has 1 aromatic carbocycles. The number of hydrogen-bond acceptors (Lipinski definition) is 3. The summed E-state index contributed by atoms with van der Waals surface area (Å²) in [6.45, 7) is 6.64. The number of furan rings is 1. The molecule has 0 aliphatic carbocycles. The van der Waals surface area contributed by atoms with Gasteiger partial charge in [0.1, 0.15) is 0 Å². The molecule has 2 aromatic rings. The van der Waals surface area contributed by atoms with Gasteiger partial charge in [-0.1, -0.05) is 45.0 Å². The predicted octanol–water partition coefficient (Wildman–Crippen LogP) is 3.32. The highest BCUT2D eigenvalue weighted by atomic mass is 16.3. The third kappa shape index (κ3) is 3.46. The largest absolute Gasteiger partial charge is 0.472 e. The lowest BCUT2D eigenvalue weighted by molar-refractivity contribution is 0.535. The number of hydrogen-bond donors (Lipinski definition) is 2. The molecule has 19 heavy (non-hydrogen) atoms. The van der Waals surface area contributed by atoms with Crippen LogP contribution in [0.5, 0.6) is 0 Å². The minimum Gasteiger partial charge on any atom is -0.472 e. The summed E-state index contributed by atoms with van der Waals surface area (Å²) in [5.74, 6) is 5.66. The van der Waals surface area contributed by atoms with Crippen molar-refractivity contribution in [2.24, 2.45) is 5.84 Å². The molecule has 1 unspecified atom stereocenters. The van der Waals surface area contributed by atoms with Crippen molar-refractivity contribution in [1.29, 1.82) is 0 Å². The van der Waals surface area contributed by atoms with Crippen LogP contribution in [0.1, 0.15) is 43.5 Å². The lowest BCUT2D eigenvalue weighted by atomic mass is 9.86. The second-order valence-electron chi connectivity index (χ2n) is 5.93. The predicted molar refractivity (Wildman–Crippen MR) is 77.6 cm³/mol.